The predicted molar refractivity (Wildman–Crippen MR) is 142 cm³/mol. The summed E-state index contributed by atoms with van der Waals surface area (Å²) in [5, 5.41) is 9.93. The maximum Gasteiger partial charge on any atom is 0.235 e. The first kappa shape index (κ1) is 23.9. The first-order valence-electron chi connectivity index (χ1n) is 12.1. The lowest BCUT2D eigenvalue weighted by Crippen LogP contribution is -2.33. The van der Waals surface area contributed by atoms with E-state index in [2.05, 4.69) is 0 Å². The van der Waals surface area contributed by atoms with Gasteiger partial charge in [0.1, 0.15) is 11.6 Å². The predicted octanol–water partition coefficient (Wildman–Crippen LogP) is 5.51. The number of halogens is 1. The van der Waals surface area contributed by atoms with Gasteiger partial charge in [-0.25, -0.2) is 8.42 Å². The lowest BCUT2D eigenvalue weighted by molar-refractivity contribution is 0.156. The molecular formula is C27H30ClN3O3S. The van der Waals surface area contributed by atoms with Crippen LogP contribution in [0.5, 0.6) is 5.75 Å². The quantitative estimate of drug-likeness (QED) is 0.259. The minimum Gasteiger partial charge on any atom is -0.490 e. The molecule has 2 aliphatic rings. The van der Waals surface area contributed by atoms with E-state index in [1.165, 1.54) is 0 Å². The van der Waals surface area contributed by atoms with Crippen molar-refractivity contribution in [3.05, 3.63) is 71.3 Å². The van der Waals surface area contributed by atoms with Gasteiger partial charge in [0.15, 0.2) is 0 Å². The number of ether oxygens (including phenoxy) is 1. The number of hydrogen-bond donors (Lipinski definition) is 2. The Balaban J connectivity index is 1.49. The highest BCUT2D eigenvalue weighted by Crippen LogP contribution is 2.44. The van der Waals surface area contributed by atoms with E-state index in [0.717, 1.165) is 53.3 Å². The topological polar surface area (TPSA) is 96.5 Å². The molecule has 1 heterocycles. The standard InChI is InChI=1S/C27H30ClN3O3S/c1-2-35(32,33)31-25-12-11-24(34-23-9-7-22(28)8-10-23)15-21(25)16-26(31)18-5-3-17-4-6-19(27(29)30)14-20(17)13-18/h3-6,11-15,22-23,26H,2,7-10,16H2,1H3,(H3,29,30). The number of hydrogen-bond acceptors (Lipinski definition) is 4. The number of alkyl halides is 1. The van der Waals surface area contributed by atoms with Gasteiger partial charge in [-0.15, -0.1) is 11.6 Å². The Bertz CT molecular complexity index is 1380. The van der Waals surface area contributed by atoms with Crippen molar-refractivity contribution >= 4 is 43.9 Å². The van der Waals surface area contributed by atoms with Gasteiger partial charge < -0.3 is 10.5 Å². The fraction of sp³-hybridized carbons (Fsp3) is 0.370. The molecule has 184 valence electrons. The van der Waals surface area contributed by atoms with Crippen molar-refractivity contribution in [1.29, 1.82) is 5.41 Å². The molecule has 1 unspecified atom stereocenters. The van der Waals surface area contributed by atoms with Gasteiger partial charge in [0, 0.05) is 17.4 Å². The first-order valence-corrected chi connectivity index (χ1v) is 14.1. The van der Waals surface area contributed by atoms with Gasteiger partial charge in [0.25, 0.3) is 0 Å². The molecule has 8 heteroatoms. The van der Waals surface area contributed by atoms with Crippen LogP contribution in [0.15, 0.2) is 54.6 Å². The Kier molecular flexibility index (Phi) is 6.40. The van der Waals surface area contributed by atoms with E-state index in [4.69, 9.17) is 27.5 Å². The maximum absolute atomic E-state index is 13.2. The van der Waals surface area contributed by atoms with E-state index in [0.29, 0.717) is 17.7 Å². The number of fused-ring (bicyclic) bond motifs is 2. The van der Waals surface area contributed by atoms with Crippen LogP contribution in [0.2, 0.25) is 0 Å². The zero-order valence-electron chi connectivity index (χ0n) is 19.7. The van der Waals surface area contributed by atoms with Crippen molar-refractivity contribution in [2.45, 2.75) is 56.6 Å². The molecule has 1 atom stereocenters. The van der Waals surface area contributed by atoms with Crippen molar-refractivity contribution in [1.82, 2.24) is 0 Å². The number of nitrogen functional groups attached to an aromatic ring is 1. The van der Waals surface area contributed by atoms with Gasteiger partial charge in [-0.05, 0) is 84.8 Å². The zero-order valence-corrected chi connectivity index (χ0v) is 21.3. The van der Waals surface area contributed by atoms with E-state index in [1.54, 1.807) is 11.2 Å². The van der Waals surface area contributed by atoms with Gasteiger partial charge in [-0.3, -0.25) is 9.71 Å². The molecule has 1 fully saturated rings. The van der Waals surface area contributed by atoms with E-state index in [1.807, 2.05) is 54.6 Å². The number of nitrogens with one attached hydrogen (secondary N) is 1. The van der Waals surface area contributed by atoms with Crippen LogP contribution >= 0.6 is 11.6 Å². The van der Waals surface area contributed by atoms with Crippen molar-refractivity contribution in [3.8, 4) is 5.75 Å². The number of rotatable bonds is 6. The Hall–Kier alpha value is -2.77. The van der Waals surface area contributed by atoms with Gasteiger partial charge in [-0.1, -0.05) is 24.3 Å². The smallest absolute Gasteiger partial charge is 0.235 e. The number of anilines is 1. The van der Waals surface area contributed by atoms with Crippen LogP contribution in [0, 0.1) is 5.41 Å². The summed E-state index contributed by atoms with van der Waals surface area (Å²) in [5.74, 6) is 0.805. The van der Waals surface area contributed by atoms with Crippen LogP contribution in [0.4, 0.5) is 5.69 Å². The number of sulfonamides is 1. The molecule has 0 saturated heterocycles. The van der Waals surface area contributed by atoms with Crippen molar-refractivity contribution in [2.24, 2.45) is 5.73 Å². The summed E-state index contributed by atoms with van der Waals surface area (Å²) in [4.78, 5) is 0. The summed E-state index contributed by atoms with van der Waals surface area (Å²) < 4.78 is 34.3. The van der Waals surface area contributed by atoms with Crippen molar-refractivity contribution in [2.75, 3.05) is 10.1 Å². The molecule has 5 rings (SSSR count). The average Bonchev–Trinajstić information content (AvgIpc) is 3.24. The summed E-state index contributed by atoms with van der Waals surface area (Å²) >= 11 is 6.23. The van der Waals surface area contributed by atoms with Crippen LogP contribution in [0.25, 0.3) is 10.8 Å². The van der Waals surface area contributed by atoms with Crippen LogP contribution in [-0.2, 0) is 16.4 Å². The summed E-state index contributed by atoms with van der Waals surface area (Å²) in [6, 6.07) is 17.0. The number of nitrogens with zero attached hydrogens (tertiary/aromatic N) is 1. The van der Waals surface area contributed by atoms with Gasteiger partial charge in [0.05, 0.1) is 23.6 Å². The summed E-state index contributed by atoms with van der Waals surface area (Å²) in [7, 11) is -3.51. The number of nitrogens with two attached hydrogens (primary N) is 1. The number of amidine groups is 1. The first-order chi connectivity index (χ1) is 16.7. The molecule has 3 N–H and O–H groups in total. The van der Waals surface area contributed by atoms with Gasteiger partial charge in [0.2, 0.25) is 10.0 Å². The second-order valence-corrected chi connectivity index (χ2v) is 12.2. The Morgan fingerprint density at radius 3 is 2.51 bits per heavy atom. The van der Waals surface area contributed by atoms with Gasteiger partial charge >= 0.3 is 0 Å². The molecular weight excluding hydrogens is 482 g/mol. The molecule has 0 spiro atoms. The zero-order chi connectivity index (χ0) is 24.7. The fourth-order valence-corrected chi connectivity index (χ4v) is 6.77. The lowest BCUT2D eigenvalue weighted by atomic mass is 9.97. The van der Waals surface area contributed by atoms with Gasteiger partial charge in [-0.2, -0.15) is 0 Å². The molecule has 1 aliphatic carbocycles. The molecule has 0 amide bonds. The number of benzene rings is 3. The molecule has 1 aliphatic heterocycles. The van der Waals surface area contributed by atoms with E-state index in [-0.39, 0.29) is 29.1 Å². The SMILES string of the molecule is CCS(=O)(=O)N1c2ccc(OC3CCC(Cl)CC3)cc2CC1c1ccc2ccc(C(=N)N)cc2c1. The van der Waals surface area contributed by atoms with Crippen LogP contribution in [-0.4, -0.2) is 31.5 Å². The Labute approximate surface area is 211 Å². The highest BCUT2D eigenvalue weighted by Gasteiger charge is 2.38. The summed E-state index contributed by atoms with van der Waals surface area (Å²) in [6.07, 6.45) is 4.49. The minimum atomic E-state index is -3.51. The largest absolute Gasteiger partial charge is 0.490 e. The van der Waals surface area contributed by atoms with E-state index < -0.39 is 10.0 Å². The van der Waals surface area contributed by atoms with Crippen LogP contribution in [0.1, 0.15) is 55.3 Å². The normalized spacial score (nSPS) is 22.2. The minimum absolute atomic E-state index is 0.00725. The lowest BCUT2D eigenvalue weighted by Gasteiger charge is -2.27. The molecule has 3 aromatic rings. The Morgan fingerprint density at radius 1 is 1.06 bits per heavy atom. The highest BCUT2D eigenvalue weighted by atomic mass is 35.5. The molecule has 3 aromatic carbocycles. The average molecular weight is 512 g/mol. The Morgan fingerprint density at radius 2 is 1.80 bits per heavy atom. The van der Waals surface area contributed by atoms with E-state index >= 15 is 0 Å². The molecule has 1 saturated carbocycles. The molecule has 6 nitrogen and oxygen atoms in total. The monoisotopic (exact) mass is 511 g/mol. The third-order valence-electron chi connectivity index (χ3n) is 7.12. The molecule has 0 aromatic heterocycles. The van der Waals surface area contributed by atoms with Crippen LogP contribution in [0.3, 0.4) is 0 Å². The van der Waals surface area contributed by atoms with Crippen molar-refractivity contribution < 1.29 is 13.2 Å². The summed E-state index contributed by atoms with van der Waals surface area (Å²) in [6.45, 7) is 1.68. The van der Waals surface area contributed by atoms with Crippen LogP contribution < -0.4 is 14.8 Å². The third-order valence-corrected chi connectivity index (χ3v) is 9.33. The van der Waals surface area contributed by atoms with Crippen molar-refractivity contribution in [3.63, 3.8) is 0 Å². The van der Waals surface area contributed by atoms with E-state index in [9.17, 15) is 8.42 Å². The second-order valence-electron chi connectivity index (χ2n) is 9.43. The molecule has 0 radical (unpaired) electrons. The maximum atomic E-state index is 13.2. The second kappa shape index (κ2) is 9.36. The molecule has 0 bridgehead atoms. The summed E-state index contributed by atoms with van der Waals surface area (Å²) in [5.41, 5.74) is 8.92. The third kappa shape index (κ3) is 4.71. The fourth-order valence-electron chi connectivity index (χ4n) is 5.18. The molecule has 35 heavy (non-hydrogen) atoms. The highest BCUT2D eigenvalue weighted by molar-refractivity contribution is 7.92.